The molecule has 0 saturated carbocycles. The Labute approximate surface area is 110 Å². The highest BCUT2D eigenvalue weighted by atomic mass is 79.9. The van der Waals surface area contributed by atoms with Crippen LogP contribution >= 0.6 is 27.7 Å². The van der Waals surface area contributed by atoms with Crippen LogP contribution in [0.4, 0.5) is 0 Å². The van der Waals surface area contributed by atoms with Crippen LogP contribution in [-0.4, -0.2) is 12.3 Å². The number of hydrogen-bond donors (Lipinski definition) is 1. The Bertz CT molecular complexity index is 433. The quantitative estimate of drug-likeness (QED) is 0.837. The Morgan fingerprint density at radius 1 is 1.56 bits per heavy atom. The topological polar surface area (TPSA) is 12.0 Å². The van der Waals surface area contributed by atoms with Crippen molar-refractivity contribution in [2.24, 2.45) is 0 Å². The molecule has 0 spiro atoms. The lowest BCUT2D eigenvalue weighted by Crippen LogP contribution is -2.24. The predicted octanol–water partition coefficient (Wildman–Crippen LogP) is 3.60. The molecular weight excluding hydrogens is 282 g/mol. The van der Waals surface area contributed by atoms with E-state index < -0.39 is 0 Å². The van der Waals surface area contributed by atoms with E-state index in [1.807, 2.05) is 18.7 Å². The first-order chi connectivity index (χ1) is 7.81. The molecule has 1 aromatic rings. The van der Waals surface area contributed by atoms with Gasteiger partial charge in [-0.3, -0.25) is 5.32 Å². The van der Waals surface area contributed by atoms with Crippen LogP contribution in [-0.2, 0) is 0 Å². The fourth-order valence-corrected chi connectivity index (χ4v) is 3.32. The molecule has 0 aromatic heterocycles. The number of thioether (sulfide) groups is 1. The second-order valence-corrected chi connectivity index (χ2v) is 5.73. The van der Waals surface area contributed by atoms with Gasteiger partial charge in [0.05, 0.1) is 6.54 Å². The minimum atomic E-state index is 0.453. The Hall–Kier alpha value is -0.430. The van der Waals surface area contributed by atoms with E-state index in [1.54, 1.807) is 0 Å². The molecule has 1 nitrogen and oxygen atoms in total. The smallest absolute Gasteiger partial charge is 0.0581 e. The third-order valence-electron chi connectivity index (χ3n) is 2.62. The first-order valence-electron chi connectivity index (χ1n) is 5.36. The van der Waals surface area contributed by atoms with E-state index in [1.165, 1.54) is 22.6 Å². The Balaban J connectivity index is 2.17. The standard InChI is InChI=1S/C13H14BrNS/c1-2-3-7-15-12-6-8-16-13-5-4-10(14)9-11(12)13/h4-5,9,12,15H,6-8H2,1H3. The number of nitrogens with one attached hydrogen (secondary N) is 1. The summed E-state index contributed by atoms with van der Waals surface area (Å²) in [6.45, 7) is 2.65. The van der Waals surface area contributed by atoms with E-state index in [4.69, 9.17) is 0 Å². The van der Waals surface area contributed by atoms with Gasteiger partial charge in [0.1, 0.15) is 0 Å². The Morgan fingerprint density at radius 2 is 2.44 bits per heavy atom. The highest BCUT2D eigenvalue weighted by Gasteiger charge is 2.19. The fourth-order valence-electron chi connectivity index (χ4n) is 1.84. The van der Waals surface area contributed by atoms with Crippen LogP contribution in [0.25, 0.3) is 0 Å². The molecule has 0 bridgehead atoms. The minimum absolute atomic E-state index is 0.453. The van der Waals surface area contributed by atoms with Crippen molar-refractivity contribution in [1.82, 2.24) is 5.32 Å². The van der Waals surface area contributed by atoms with Crippen LogP contribution in [0.1, 0.15) is 24.9 Å². The van der Waals surface area contributed by atoms with Gasteiger partial charge in [0.15, 0.2) is 0 Å². The van der Waals surface area contributed by atoms with E-state index in [-0.39, 0.29) is 0 Å². The molecule has 1 aliphatic rings. The zero-order valence-electron chi connectivity index (χ0n) is 9.22. The molecule has 0 aliphatic carbocycles. The first kappa shape index (κ1) is 12.0. The fraction of sp³-hybridized carbons (Fsp3) is 0.385. The molecule has 2 rings (SSSR count). The molecule has 1 aromatic carbocycles. The molecule has 0 saturated heterocycles. The highest BCUT2D eigenvalue weighted by molar-refractivity contribution is 9.10. The molecule has 1 atom stereocenters. The third kappa shape index (κ3) is 2.82. The number of rotatable bonds is 2. The minimum Gasteiger partial charge on any atom is -0.299 e. The van der Waals surface area contributed by atoms with Crippen molar-refractivity contribution >= 4 is 27.7 Å². The molecule has 84 valence electrons. The lowest BCUT2D eigenvalue weighted by atomic mass is 10.0. The first-order valence-corrected chi connectivity index (χ1v) is 7.14. The monoisotopic (exact) mass is 295 g/mol. The molecule has 1 unspecified atom stereocenters. The van der Waals surface area contributed by atoms with Gasteiger partial charge in [-0.15, -0.1) is 17.7 Å². The van der Waals surface area contributed by atoms with Gasteiger partial charge < -0.3 is 0 Å². The Morgan fingerprint density at radius 3 is 3.25 bits per heavy atom. The number of benzene rings is 1. The molecule has 16 heavy (non-hydrogen) atoms. The molecular formula is C13H14BrNS. The molecule has 1 heterocycles. The zero-order valence-corrected chi connectivity index (χ0v) is 11.6. The molecule has 0 amide bonds. The molecule has 0 fully saturated rings. The summed E-state index contributed by atoms with van der Waals surface area (Å²) in [6.07, 6.45) is 1.18. The van der Waals surface area contributed by atoms with Crippen molar-refractivity contribution in [3.8, 4) is 11.8 Å². The van der Waals surface area contributed by atoms with Gasteiger partial charge in [-0.2, -0.15) is 0 Å². The lowest BCUT2D eigenvalue weighted by molar-refractivity contribution is 0.544. The van der Waals surface area contributed by atoms with Gasteiger partial charge in [0.25, 0.3) is 0 Å². The van der Waals surface area contributed by atoms with Gasteiger partial charge >= 0.3 is 0 Å². The maximum Gasteiger partial charge on any atom is 0.0581 e. The van der Waals surface area contributed by atoms with Gasteiger partial charge in [0, 0.05) is 15.4 Å². The van der Waals surface area contributed by atoms with E-state index in [9.17, 15) is 0 Å². The molecule has 3 heteroatoms. The summed E-state index contributed by atoms with van der Waals surface area (Å²) in [4.78, 5) is 1.40. The van der Waals surface area contributed by atoms with Crippen LogP contribution in [0, 0.1) is 11.8 Å². The van der Waals surface area contributed by atoms with Crippen molar-refractivity contribution < 1.29 is 0 Å². The van der Waals surface area contributed by atoms with Crippen molar-refractivity contribution in [2.45, 2.75) is 24.3 Å². The molecule has 1 N–H and O–H groups in total. The largest absolute Gasteiger partial charge is 0.299 e. The van der Waals surface area contributed by atoms with Crippen LogP contribution in [0.5, 0.6) is 0 Å². The van der Waals surface area contributed by atoms with Crippen molar-refractivity contribution in [1.29, 1.82) is 0 Å². The van der Waals surface area contributed by atoms with E-state index in [0.29, 0.717) is 6.04 Å². The van der Waals surface area contributed by atoms with Crippen molar-refractivity contribution in [3.63, 3.8) is 0 Å². The third-order valence-corrected chi connectivity index (χ3v) is 4.24. The number of fused-ring (bicyclic) bond motifs is 1. The molecule has 0 radical (unpaired) electrons. The SMILES string of the molecule is CC#CCNC1CCSc2ccc(Br)cc21. The highest BCUT2D eigenvalue weighted by Crippen LogP contribution is 2.37. The van der Waals surface area contributed by atoms with Gasteiger partial charge in [-0.25, -0.2) is 0 Å². The maximum atomic E-state index is 3.53. The van der Waals surface area contributed by atoms with Crippen LogP contribution < -0.4 is 5.32 Å². The second-order valence-electron chi connectivity index (χ2n) is 3.68. The van der Waals surface area contributed by atoms with Crippen molar-refractivity contribution in [2.75, 3.05) is 12.3 Å². The van der Waals surface area contributed by atoms with Crippen LogP contribution in [0.15, 0.2) is 27.6 Å². The number of halogens is 1. The van der Waals surface area contributed by atoms with E-state index in [2.05, 4.69) is 51.3 Å². The van der Waals surface area contributed by atoms with Crippen LogP contribution in [0.3, 0.4) is 0 Å². The summed E-state index contributed by atoms with van der Waals surface area (Å²) in [7, 11) is 0. The predicted molar refractivity (Wildman–Crippen MR) is 73.7 cm³/mol. The van der Waals surface area contributed by atoms with E-state index in [0.717, 1.165) is 11.0 Å². The number of hydrogen-bond acceptors (Lipinski definition) is 2. The second kappa shape index (κ2) is 5.77. The normalized spacial score (nSPS) is 18.5. The summed E-state index contributed by atoms with van der Waals surface area (Å²) < 4.78 is 1.15. The molecule has 1 aliphatic heterocycles. The van der Waals surface area contributed by atoms with Crippen molar-refractivity contribution in [3.05, 3.63) is 28.2 Å². The zero-order chi connectivity index (χ0) is 11.4. The Kier molecular flexibility index (Phi) is 4.34. The summed E-state index contributed by atoms with van der Waals surface area (Å²) in [6, 6.07) is 6.98. The van der Waals surface area contributed by atoms with Gasteiger partial charge in [0.2, 0.25) is 0 Å². The van der Waals surface area contributed by atoms with Gasteiger partial charge in [-0.05, 0) is 42.9 Å². The lowest BCUT2D eigenvalue weighted by Gasteiger charge is -2.25. The summed E-state index contributed by atoms with van der Waals surface area (Å²) in [5.74, 6) is 7.16. The van der Waals surface area contributed by atoms with Crippen LogP contribution in [0.2, 0.25) is 0 Å². The average Bonchev–Trinajstić information content (AvgIpc) is 2.30. The maximum absolute atomic E-state index is 3.53. The van der Waals surface area contributed by atoms with E-state index >= 15 is 0 Å². The summed E-state index contributed by atoms with van der Waals surface area (Å²) in [5.41, 5.74) is 1.41. The van der Waals surface area contributed by atoms with Gasteiger partial charge in [-0.1, -0.05) is 21.9 Å². The average molecular weight is 296 g/mol. The summed E-state index contributed by atoms with van der Waals surface area (Å²) in [5, 5.41) is 3.50. The summed E-state index contributed by atoms with van der Waals surface area (Å²) >= 11 is 5.48.